The lowest BCUT2D eigenvalue weighted by molar-refractivity contribution is -0.113. The van der Waals surface area contributed by atoms with E-state index in [4.69, 9.17) is 14.9 Å². The average molecular weight is 675 g/mol. The van der Waals surface area contributed by atoms with Gasteiger partial charge in [0.2, 0.25) is 0 Å². The lowest BCUT2D eigenvalue weighted by atomic mass is 9.96. The summed E-state index contributed by atoms with van der Waals surface area (Å²) >= 11 is 0. The molecule has 2 fully saturated rings. The summed E-state index contributed by atoms with van der Waals surface area (Å²) in [5.74, 6) is -1.33. The van der Waals surface area contributed by atoms with Gasteiger partial charge in [0, 0.05) is 22.7 Å². The van der Waals surface area contributed by atoms with Crippen molar-refractivity contribution in [1.29, 1.82) is 0 Å². The van der Waals surface area contributed by atoms with Crippen molar-refractivity contribution >= 4 is 29.5 Å². The molecule has 0 bridgehead atoms. The van der Waals surface area contributed by atoms with Crippen molar-refractivity contribution in [1.82, 2.24) is 15.2 Å². The fraction of sp³-hybridized carbons (Fsp3) is 0.308. The molecule has 1 aliphatic carbocycles. The van der Waals surface area contributed by atoms with Gasteiger partial charge < -0.3 is 25.2 Å². The number of benzene rings is 3. The minimum Gasteiger partial charge on any atom is -0.459 e. The van der Waals surface area contributed by atoms with E-state index in [2.05, 4.69) is 16.4 Å². The number of hydrogen-bond acceptors (Lipinski definition) is 6. The van der Waals surface area contributed by atoms with E-state index in [1.165, 1.54) is 30.5 Å². The van der Waals surface area contributed by atoms with Crippen molar-refractivity contribution in [2.24, 2.45) is 0 Å². The highest BCUT2D eigenvalue weighted by molar-refractivity contribution is 5.98. The summed E-state index contributed by atoms with van der Waals surface area (Å²) in [6.07, 6.45) is 4.53. The number of aromatic nitrogens is 1. The molecule has 260 valence electrons. The molecular weight excluding hydrogens is 629 g/mol. The Balaban J connectivity index is 0.000000339. The zero-order chi connectivity index (χ0) is 36.1. The molecule has 0 unspecified atom stereocenters. The quantitative estimate of drug-likeness (QED) is 0.186. The van der Waals surface area contributed by atoms with Gasteiger partial charge in [0.1, 0.15) is 29.8 Å². The Morgan fingerprint density at radius 2 is 1.53 bits per heavy atom. The number of amides is 1. The normalized spacial score (nSPS) is 13.9. The first-order valence-electron chi connectivity index (χ1n) is 16.4. The van der Waals surface area contributed by atoms with Crippen LogP contribution in [0, 0.1) is 5.82 Å². The maximum Gasteiger partial charge on any atom is 0.282 e. The third-order valence-electron chi connectivity index (χ3n) is 7.63. The maximum atomic E-state index is 13.5. The number of pyridine rings is 1. The highest BCUT2D eigenvalue weighted by Crippen LogP contribution is 2.39. The molecule has 0 spiro atoms. The third-order valence-corrected chi connectivity index (χ3v) is 7.63. The predicted molar refractivity (Wildman–Crippen MR) is 191 cm³/mol. The van der Waals surface area contributed by atoms with Crippen molar-refractivity contribution in [3.63, 3.8) is 0 Å². The van der Waals surface area contributed by atoms with Crippen molar-refractivity contribution in [2.75, 3.05) is 25.9 Å². The van der Waals surface area contributed by atoms with Gasteiger partial charge in [0.25, 0.3) is 11.8 Å². The summed E-state index contributed by atoms with van der Waals surface area (Å²) in [5, 5.41) is 3.98. The van der Waals surface area contributed by atoms with E-state index in [0.29, 0.717) is 23.5 Å². The molecule has 7 nitrogen and oxygen atoms in total. The minimum absolute atomic E-state index is 0.318. The van der Waals surface area contributed by atoms with Gasteiger partial charge in [-0.25, -0.2) is 18.2 Å². The number of nitrogens with two attached hydrogens (primary N) is 1. The molecule has 3 aromatic carbocycles. The molecule has 49 heavy (non-hydrogen) atoms. The maximum absolute atomic E-state index is 13.5. The van der Waals surface area contributed by atoms with E-state index < -0.39 is 24.9 Å². The highest BCUT2D eigenvalue weighted by Gasteiger charge is 2.46. The first-order chi connectivity index (χ1) is 23.7. The van der Waals surface area contributed by atoms with E-state index in [1.807, 2.05) is 72.0 Å². The van der Waals surface area contributed by atoms with E-state index >= 15 is 0 Å². The zero-order valence-electron chi connectivity index (χ0n) is 28.7. The Hall–Kier alpha value is -4.96. The summed E-state index contributed by atoms with van der Waals surface area (Å²) in [4.78, 5) is 25.6. The van der Waals surface area contributed by atoms with E-state index in [9.17, 15) is 18.0 Å². The molecule has 1 amide bonds. The number of nitrogens with zero attached hydrogens (tertiary/aromatic N) is 2. The zero-order valence-corrected chi connectivity index (χ0v) is 28.7. The summed E-state index contributed by atoms with van der Waals surface area (Å²) in [5.41, 5.74) is 11.3. The van der Waals surface area contributed by atoms with Gasteiger partial charge in [0.05, 0.1) is 19.6 Å². The summed E-state index contributed by atoms with van der Waals surface area (Å²) in [6.45, 7) is 9.49. The molecule has 1 saturated heterocycles. The molecule has 5 aromatic rings. The van der Waals surface area contributed by atoms with E-state index in [1.54, 1.807) is 36.4 Å². The SMILES string of the molecule is C=O.CC.CC.CNCc1cc2cc(-c3ccc(C(=O)N4CC(F)(F)C4)cc3)cc(-c3ccc(F)cc3)c2o1.Nc1ccc(C2CC2)cn1. The van der Waals surface area contributed by atoms with Crippen LogP contribution in [0.15, 0.2) is 89.5 Å². The fourth-order valence-electron chi connectivity index (χ4n) is 5.20. The Bertz CT molecular complexity index is 1760. The first-order valence-corrected chi connectivity index (χ1v) is 16.4. The topological polar surface area (TPSA) is 101 Å². The van der Waals surface area contributed by atoms with Gasteiger partial charge in [-0.1, -0.05) is 58.0 Å². The summed E-state index contributed by atoms with van der Waals surface area (Å²) in [6, 6.07) is 23.0. The minimum atomic E-state index is -2.79. The molecule has 1 saturated carbocycles. The number of alkyl halides is 2. The number of fused-ring (bicyclic) bond motifs is 1. The largest absolute Gasteiger partial charge is 0.459 e. The van der Waals surface area contributed by atoms with Crippen LogP contribution in [-0.2, 0) is 11.3 Å². The lowest BCUT2D eigenvalue weighted by Gasteiger charge is -2.38. The van der Waals surface area contributed by atoms with Crippen LogP contribution < -0.4 is 11.1 Å². The van der Waals surface area contributed by atoms with Crippen LogP contribution in [0.1, 0.15) is 68.1 Å². The van der Waals surface area contributed by atoms with Crippen LogP contribution in [0.4, 0.5) is 19.0 Å². The monoisotopic (exact) mass is 674 g/mol. The van der Waals surface area contributed by atoms with Gasteiger partial charge in [0.15, 0.2) is 0 Å². The molecular formula is C39H45F3N4O3. The molecule has 1 aliphatic heterocycles. The highest BCUT2D eigenvalue weighted by atomic mass is 19.3. The number of carbonyl (C=O) groups is 2. The van der Waals surface area contributed by atoms with Gasteiger partial charge >= 0.3 is 0 Å². The number of rotatable bonds is 6. The number of furan rings is 1. The number of nitrogen functional groups attached to an aromatic ring is 1. The van der Waals surface area contributed by atoms with Gasteiger partial charge in [-0.05, 0) is 96.6 Å². The summed E-state index contributed by atoms with van der Waals surface area (Å²) < 4.78 is 45.8. The van der Waals surface area contributed by atoms with Crippen molar-refractivity contribution in [2.45, 2.75) is 58.9 Å². The number of anilines is 1. The Morgan fingerprint density at radius 1 is 0.918 bits per heavy atom. The molecule has 7 rings (SSSR count). The Morgan fingerprint density at radius 3 is 2.06 bits per heavy atom. The standard InChI is InChI=1S/C26H21F3N2O2.C8H10N2.2C2H6.CH2O/c1-30-13-22-11-20-10-19(12-23(24(20)33-22)17-6-8-21(27)9-7-17)16-2-4-18(5-3-16)25(32)31-14-26(28,29)15-31;9-8-4-3-7(5-10-8)6-1-2-6;3*1-2/h2-12,30H,13-15H2,1H3;3-6H,1-2H2,(H2,9,10);2*1-2H3;1H2. The smallest absolute Gasteiger partial charge is 0.282 e. The number of hydrogen-bond donors (Lipinski definition) is 2. The lowest BCUT2D eigenvalue weighted by Crippen LogP contribution is -2.58. The fourth-order valence-corrected chi connectivity index (χ4v) is 5.20. The third kappa shape index (κ3) is 10.0. The number of nitrogens with one attached hydrogen (secondary N) is 1. The Kier molecular flexibility index (Phi) is 14.1. The molecule has 0 atom stereocenters. The van der Waals surface area contributed by atoms with Crippen molar-refractivity contribution < 1.29 is 27.2 Å². The average Bonchev–Trinajstić information content (AvgIpc) is 3.89. The first kappa shape index (κ1) is 38.5. The van der Waals surface area contributed by atoms with Gasteiger partial charge in [-0.15, -0.1) is 0 Å². The molecule has 10 heteroatoms. The summed E-state index contributed by atoms with van der Waals surface area (Å²) in [7, 11) is 1.84. The second kappa shape index (κ2) is 18.0. The molecule has 2 aliphatic rings. The number of halogens is 3. The second-order valence-corrected chi connectivity index (χ2v) is 11.1. The van der Waals surface area contributed by atoms with Crippen LogP contribution in [0.2, 0.25) is 0 Å². The van der Waals surface area contributed by atoms with Crippen molar-refractivity contribution in [3.05, 3.63) is 108 Å². The van der Waals surface area contributed by atoms with E-state index in [-0.39, 0.29) is 5.82 Å². The van der Waals surface area contributed by atoms with Crippen LogP contribution in [0.3, 0.4) is 0 Å². The second-order valence-electron chi connectivity index (χ2n) is 11.1. The molecule has 3 N–H and O–H groups in total. The van der Waals surface area contributed by atoms with Crippen LogP contribution >= 0.6 is 0 Å². The van der Waals surface area contributed by atoms with Gasteiger partial charge in [-0.2, -0.15) is 0 Å². The van der Waals surface area contributed by atoms with Gasteiger partial charge in [-0.3, -0.25) is 4.79 Å². The Labute approximate surface area is 286 Å². The number of likely N-dealkylation sites (tertiary alicyclic amines) is 1. The molecule has 2 aromatic heterocycles. The van der Waals surface area contributed by atoms with E-state index in [0.717, 1.165) is 44.2 Å². The van der Waals surface area contributed by atoms with Crippen LogP contribution in [0.25, 0.3) is 33.2 Å². The number of carbonyl (C=O) groups excluding carboxylic acids is 2. The molecule has 3 heterocycles. The van der Waals surface area contributed by atoms with Crippen LogP contribution in [0.5, 0.6) is 0 Å². The van der Waals surface area contributed by atoms with Crippen LogP contribution in [-0.4, -0.2) is 48.6 Å². The molecule has 0 radical (unpaired) electrons. The van der Waals surface area contributed by atoms with Crippen molar-refractivity contribution in [3.8, 4) is 22.3 Å². The predicted octanol–water partition coefficient (Wildman–Crippen LogP) is 9.13.